The molecule has 198 valence electrons. The van der Waals surface area contributed by atoms with Gasteiger partial charge in [-0.25, -0.2) is 13.8 Å². The molecule has 0 bridgehead atoms. The molecule has 3 aromatic carbocycles. The van der Waals surface area contributed by atoms with Crippen LogP contribution in [0.1, 0.15) is 29.5 Å². The van der Waals surface area contributed by atoms with E-state index >= 15 is 0 Å². The molecular formula is C30H30F2N2O4. The van der Waals surface area contributed by atoms with E-state index in [1.54, 1.807) is 31.2 Å². The van der Waals surface area contributed by atoms with E-state index in [1.165, 1.54) is 24.3 Å². The zero-order valence-corrected chi connectivity index (χ0v) is 21.4. The lowest BCUT2D eigenvalue weighted by molar-refractivity contribution is -0.145. The fourth-order valence-electron chi connectivity index (χ4n) is 3.92. The molecule has 1 atom stereocenters. The number of carbonyl (C=O) groups is 1. The van der Waals surface area contributed by atoms with E-state index in [1.807, 2.05) is 31.2 Å². The Kier molecular flexibility index (Phi) is 9.21. The SMILES string of the molecule is CCOC(=O)[C@H](Cc1ccc(OCCc2nc(-c3ccc(F)cc3)oc2C)cc1)NCc1ccc(F)cc1. The molecule has 0 spiro atoms. The van der Waals surface area contributed by atoms with Crippen LogP contribution in [0.2, 0.25) is 0 Å². The molecule has 0 unspecified atom stereocenters. The number of aryl methyl sites for hydroxylation is 1. The molecular weight excluding hydrogens is 490 g/mol. The number of hydrogen-bond donors (Lipinski definition) is 1. The molecule has 0 radical (unpaired) electrons. The minimum absolute atomic E-state index is 0.288. The molecule has 1 aromatic heterocycles. The lowest BCUT2D eigenvalue weighted by Crippen LogP contribution is -2.39. The normalized spacial score (nSPS) is 11.8. The van der Waals surface area contributed by atoms with Crippen LogP contribution in [-0.4, -0.2) is 30.2 Å². The summed E-state index contributed by atoms with van der Waals surface area (Å²) in [5.41, 5.74) is 3.31. The highest BCUT2D eigenvalue weighted by Gasteiger charge is 2.20. The summed E-state index contributed by atoms with van der Waals surface area (Å²) < 4.78 is 43.2. The summed E-state index contributed by atoms with van der Waals surface area (Å²) in [4.78, 5) is 17.0. The molecule has 6 nitrogen and oxygen atoms in total. The lowest BCUT2D eigenvalue weighted by Gasteiger charge is -2.18. The van der Waals surface area contributed by atoms with Crippen LogP contribution in [0.25, 0.3) is 11.5 Å². The van der Waals surface area contributed by atoms with Crippen molar-refractivity contribution in [3.05, 3.63) is 107 Å². The lowest BCUT2D eigenvalue weighted by atomic mass is 10.1. The van der Waals surface area contributed by atoms with Crippen molar-refractivity contribution in [2.45, 2.75) is 39.3 Å². The Labute approximate surface area is 220 Å². The van der Waals surface area contributed by atoms with Crippen molar-refractivity contribution in [1.82, 2.24) is 10.3 Å². The molecule has 0 aliphatic carbocycles. The molecule has 0 saturated carbocycles. The quantitative estimate of drug-likeness (QED) is 0.238. The second kappa shape index (κ2) is 13.0. The van der Waals surface area contributed by atoms with E-state index in [0.29, 0.717) is 49.0 Å². The van der Waals surface area contributed by atoms with Crippen molar-refractivity contribution in [3.63, 3.8) is 0 Å². The van der Waals surface area contributed by atoms with Gasteiger partial charge < -0.3 is 19.2 Å². The van der Waals surface area contributed by atoms with Gasteiger partial charge in [-0.05, 0) is 79.9 Å². The molecule has 38 heavy (non-hydrogen) atoms. The van der Waals surface area contributed by atoms with E-state index in [-0.39, 0.29) is 24.2 Å². The Hall–Kier alpha value is -4.04. The molecule has 4 aromatic rings. The maximum atomic E-state index is 13.2. The number of ether oxygens (including phenoxy) is 2. The van der Waals surface area contributed by atoms with Gasteiger partial charge in [-0.15, -0.1) is 0 Å². The van der Waals surface area contributed by atoms with Crippen LogP contribution in [0.3, 0.4) is 0 Å². The monoisotopic (exact) mass is 520 g/mol. The van der Waals surface area contributed by atoms with E-state index < -0.39 is 6.04 Å². The molecule has 1 heterocycles. The number of esters is 1. The van der Waals surface area contributed by atoms with Crippen LogP contribution in [0.4, 0.5) is 8.78 Å². The van der Waals surface area contributed by atoms with Crippen LogP contribution >= 0.6 is 0 Å². The van der Waals surface area contributed by atoms with Crippen molar-refractivity contribution in [2.24, 2.45) is 0 Å². The van der Waals surface area contributed by atoms with Crippen molar-refractivity contribution in [2.75, 3.05) is 13.2 Å². The minimum Gasteiger partial charge on any atom is -0.493 e. The second-order valence-corrected chi connectivity index (χ2v) is 8.79. The first-order valence-corrected chi connectivity index (χ1v) is 12.5. The number of oxazole rings is 1. The predicted molar refractivity (Wildman–Crippen MR) is 140 cm³/mol. The third-order valence-electron chi connectivity index (χ3n) is 5.99. The van der Waals surface area contributed by atoms with Gasteiger partial charge in [-0.3, -0.25) is 4.79 Å². The average Bonchev–Trinajstić information content (AvgIpc) is 3.29. The number of hydrogen-bond acceptors (Lipinski definition) is 6. The zero-order chi connectivity index (χ0) is 26.9. The Morgan fingerprint density at radius 2 is 1.58 bits per heavy atom. The van der Waals surface area contributed by atoms with Gasteiger partial charge in [0.1, 0.15) is 29.2 Å². The van der Waals surface area contributed by atoms with Gasteiger partial charge in [0, 0.05) is 18.5 Å². The Balaban J connectivity index is 1.30. The van der Waals surface area contributed by atoms with Crippen molar-refractivity contribution >= 4 is 5.97 Å². The Morgan fingerprint density at radius 1 is 0.947 bits per heavy atom. The van der Waals surface area contributed by atoms with Gasteiger partial charge in [0.05, 0.1) is 18.9 Å². The van der Waals surface area contributed by atoms with Crippen LogP contribution in [0.5, 0.6) is 5.75 Å². The highest BCUT2D eigenvalue weighted by molar-refractivity contribution is 5.76. The highest BCUT2D eigenvalue weighted by atomic mass is 19.1. The molecule has 8 heteroatoms. The zero-order valence-electron chi connectivity index (χ0n) is 21.4. The fraction of sp³-hybridized carbons (Fsp3) is 0.267. The largest absolute Gasteiger partial charge is 0.493 e. The molecule has 0 amide bonds. The van der Waals surface area contributed by atoms with E-state index in [9.17, 15) is 13.6 Å². The first-order chi connectivity index (χ1) is 18.4. The van der Waals surface area contributed by atoms with E-state index in [0.717, 1.165) is 16.8 Å². The number of nitrogens with zero attached hydrogens (tertiary/aromatic N) is 1. The first-order valence-electron chi connectivity index (χ1n) is 12.5. The van der Waals surface area contributed by atoms with Crippen molar-refractivity contribution < 1.29 is 27.5 Å². The number of rotatable bonds is 12. The average molecular weight is 521 g/mol. The summed E-state index contributed by atoms with van der Waals surface area (Å²) in [6.45, 7) is 4.71. The van der Waals surface area contributed by atoms with E-state index in [2.05, 4.69) is 10.3 Å². The van der Waals surface area contributed by atoms with Crippen molar-refractivity contribution in [1.29, 1.82) is 0 Å². The predicted octanol–water partition coefficient (Wildman–Crippen LogP) is 5.81. The molecule has 1 N–H and O–H groups in total. The first kappa shape index (κ1) is 27.0. The Bertz CT molecular complexity index is 1320. The second-order valence-electron chi connectivity index (χ2n) is 8.79. The van der Waals surface area contributed by atoms with Gasteiger partial charge in [0.15, 0.2) is 0 Å². The summed E-state index contributed by atoms with van der Waals surface area (Å²) in [5.74, 6) is 0.893. The van der Waals surface area contributed by atoms with Crippen LogP contribution < -0.4 is 10.1 Å². The van der Waals surface area contributed by atoms with Gasteiger partial charge >= 0.3 is 5.97 Å². The van der Waals surface area contributed by atoms with Crippen LogP contribution in [0.15, 0.2) is 77.2 Å². The van der Waals surface area contributed by atoms with E-state index in [4.69, 9.17) is 13.9 Å². The molecule has 0 aliphatic rings. The standard InChI is InChI=1S/C30H30F2N2O4/c1-3-36-30(35)28(33-19-22-4-10-24(31)11-5-22)18-21-6-14-26(15-7-21)37-17-16-27-20(2)38-29(34-27)23-8-12-25(32)13-9-23/h4-15,28,33H,3,16-19H2,1-2H3/t28-/m0/s1. The number of aromatic nitrogens is 1. The smallest absolute Gasteiger partial charge is 0.323 e. The summed E-state index contributed by atoms with van der Waals surface area (Å²) in [7, 11) is 0. The Morgan fingerprint density at radius 3 is 2.24 bits per heavy atom. The highest BCUT2D eigenvalue weighted by Crippen LogP contribution is 2.23. The van der Waals surface area contributed by atoms with Gasteiger partial charge in [-0.1, -0.05) is 24.3 Å². The van der Waals surface area contributed by atoms with Crippen LogP contribution in [-0.2, 0) is 28.9 Å². The number of carbonyl (C=O) groups excluding carboxylic acids is 1. The van der Waals surface area contributed by atoms with Gasteiger partial charge in [-0.2, -0.15) is 0 Å². The topological polar surface area (TPSA) is 73.6 Å². The molecule has 0 aliphatic heterocycles. The summed E-state index contributed by atoms with van der Waals surface area (Å²) in [5, 5.41) is 3.21. The third kappa shape index (κ3) is 7.49. The fourth-order valence-corrected chi connectivity index (χ4v) is 3.92. The third-order valence-corrected chi connectivity index (χ3v) is 5.99. The van der Waals surface area contributed by atoms with Crippen molar-refractivity contribution in [3.8, 4) is 17.2 Å². The number of benzene rings is 3. The van der Waals surface area contributed by atoms with Gasteiger partial charge in [0.2, 0.25) is 5.89 Å². The summed E-state index contributed by atoms with van der Waals surface area (Å²) in [6, 6.07) is 19.2. The molecule has 0 fully saturated rings. The minimum atomic E-state index is -0.544. The number of halogens is 2. The molecule has 0 saturated heterocycles. The maximum absolute atomic E-state index is 13.2. The summed E-state index contributed by atoms with van der Waals surface area (Å²) in [6.07, 6.45) is 0.987. The van der Waals surface area contributed by atoms with Gasteiger partial charge in [0.25, 0.3) is 0 Å². The van der Waals surface area contributed by atoms with Crippen LogP contribution in [0, 0.1) is 18.6 Å². The molecule has 4 rings (SSSR count). The maximum Gasteiger partial charge on any atom is 0.323 e. The summed E-state index contributed by atoms with van der Waals surface area (Å²) >= 11 is 0. The number of nitrogens with one attached hydrogen (secondary N) is 1.